The molecule has 12 N–H and O–H groups in total. The third kappa shape index (κ3) is 28.6. The van der Waals surface area contributed by atoms with E-state index >= 15 is 0 Å². The van der Waals surface area contributed by atoms with Crippen molar-refractivity contribution in [1.82, 2.24) is 51.2 Å². The minimum absolute atomic E-state index is 0.0365. The molecule has 0 aliphatic carbocycles. The van der Waals surface area contributed by atoms with Gasteiger partial charge in [0.25, 0.3) is 0 Å². The van der Waals surface area contributed by atoms with E-state index in [2.05, 4.69) is 26.6 Å². The molecule has 0 aromatic carbocycles. The zero-order valence-corrected chi connectivity index (χ0v) is 49.8. The molecule has 2 saturated heterocycles. The van der Waals surface area contributed by atoms with Gasteiger partial charge >= 0.3 is 17.9 Å². The van der Waals surface area contributed by atoms with Gasteiger partial charge in [-0.25, -0.2) is 0 Å². The summed E-state index contributed by atoms with van der Waals surface area (Å²) in [6.45, 7) is 9.80. The van der Waals surface area contributed by atoms with E-state index in [0.29, 0.717) is 68.2 Å². The van der Waals surface area contributed by atoms with Gasteiger partial charge in [-0.1, -0.05) is 40.2 Å². The van der Waals surface area contributed by atoms with E-state index in [1.54, 1.807) is 14.7 Å². The first-order chi connectivity index (χ1) is 39.0. The lowest BCUT2D eigenvalue weighted by Crippen LogP contribution is -2.64. The number of thioether (sulfide) groups is 2. The maximum absolute atomic E-state index is 14.0. The summed E-state index contributed by atoms with van der Waals surface area (Å²) in [5.74, 6) is -4.47. The fraction of sp³-hybridized carbons (Fsp3) is 0.722. The van der Waals surface area contributed by atoms with Crippen LogP contribution in [0.25, 0.3) is 0 Å². The maximum atomic E-state index is 14.0. The van der Waals surface area contributed by atoms with E-state index in [1.165, 1.54) is 23.5 Å². The molecule has 1 aromatic rings. The van der Waals surface area contributed by atoms with Gasteiger partial charge in [-0.3, -0.25) is 72.5 Å². The van der Waals surface area contributed by atoms with E-state index in [4.69, 9.17) is 21.2 Å². The van der Waals surface area contributed by atoms with E-state index in [1.807, 2.05) is 50.8 Å². The van der Waals surface area contributed by atoms with Gasteiger partial charge < -0.3 is 58.1 Å². The van der Waals surface area contributed by atoms with Crippen LogP contribution >= 0.6 is 23.5 Å². The Morgan fingerprint density at radius 3 is 1.60 bits per heavy atom. The Hall–Kier alpha value is -5.65. The third-order valence-corrected chi connectivity index (χ3v) is 16.2. The number of aromatic nitrogens is 1. The number of carboxylic acids is 3. The molecule has 3 heterocycles. The molecule has 0 radical (unpaired) electrons. The summed E-state index contributed by atoms with van der Waals surface area (Å²) in [5.41, 5.74) is 11.6. The van der Waals surface area contributed by atoms with Crippen molar-refractivity contribution in [2.45, 2.75) is 127 Å². The van der Waals surface area contributed by atoms with Crippen LogP contribution in [-0.2, 0) is 64.2 Å². The Kier molecular flexibility index (Phi) is 32.9. The van der Waals surface area contributed by atoms with Crippen LogP contribution in [0.1, 0.15) is 103 Å². The van der Waals surface area contributed by atoms with Crippen LogP contribution < -0.4 is 38.1 Å². The van der Waals surface area contributed by atoms with E-state index in [0.717, 1.165) is 11.4 Å². The summed E-state index contributed by atoms with van der Waals surface area (Å²) < 4.78 is 5.55. The SMILES string of the molecule is CC[C@H](C)[C@H](NC(=O)[C@H](CCC(C)C)NC(=O)C1(NC(=O)CCSCc2cccc(CSCCC(=O)N[C@H](CCCCNC(=O)CN3CCN(CC(=O)O)CCN(CC(=O)O)CCN(CC(=O)O)CC3)C(N)=O)n2)CCOCC1)C(N)=O. The predicted molar refractivity (Wildman–Crippen MR) is 310 cm³/mol. The number of aliphatic carboxylic acids is 3. The molecule has 82 heavy (non-hydrogen) atoms. The molecule has 0 bridgehead atoms. The molecule has 4 atom stereocenters. The number of carbonyl (C=O) groups is 10. The molecule has 0 spiro atoms. The van der Waals surface area contributed by atoms with Crippen LogP contribution in [0.5, 0.6) is 0 Å². The van der Waals surface area contributed by atoms with Gasteiger partial charge in [0.15, 0.2) is 0 Å². The van der Waals surface area contributed by atoms with Crippen molar-refractivity contribution in [3.63, 3.8) is 0 Å². The van der Waals surface area contributed by atoms with Gasteiger partial charge in [0, 0.05) is 121 Å². The highest BCUT2D eigenvalue weighted by Gasteiger charge is 2.43. The second-order valence-corrected chi connectivity index (χ2v) is 23.6. The monoisotopic (exact) mass is 1190 g/mol. The smallest absolute Gasteiger partial charge is 0.317 e. The van der Waals surface area contributed by atoms with Crippen LogP contribution in [0.15, 0.2) is 18.2 Å². The molecular formula is C54H90N12O14S2. The fourth-order valence-electron chi connectivity index (χ4n) is 9.18. The summed E-state index contributed by atoms with van der Waals surface area (Å²) in [6, 6.07) is 2.91. The summed E-state index contributed by atoms with van der Waals surface area (Å²) in [5, 5.41) is 42.6. The molecule has 0 unspecified atom stereocenters. The zero-order valence-electron chi connectivity index (χ0n) is 48.2. The summed E-state index contributed by atoms with van der Waals surface area (Å²) in [7, 11) is 0. The van der Waals surface area contributed by atoms with Crippen molar-refractivity contribution in [2.24, 2.45) is 23.3 Å². The molecule has 462 valence electrons. The van der Waals surface area contributed by atoms with Gasteiger partial charge in [0.2, 0.25) is 41.4 Å². The second-order valence-electron chi connectivity index (χ2n) is 21.4. The number of carboxylic acid groups (broad SMARTS) is 3. The van der Waals surface area contributed by atoms with Crippen LogP contribution in [0.4, 0.5) is 0 Å². The van der Waals surface area contributed by atoms with Crippen molar-refractivity contribution in [2.75, 3.05) is 110 Å². The van der Waals surface area contributed by atoms with Gasteiger partial charge in [-0.2, -0.15) is 23.5 Å². The molecule has 1 aromatic heterocycles. The Morgan fingerprint density at radius 1 is 0.634 bits per heavy atom. The van der Waals surface area contributed by atoms with Crippen molar-refractivity contribution in [3.8, 4) is 0 Å². The Morgan fingerprint density at radius 2 is 1.13 bits per heavy atom. The van der Waals surface area contributed by atoms with Crippen molar-refractivity contribution in [3.05, 3.63) is 29.6 Å². The Labute approximate surface area is 489 Å². The number of hydrogen-bond acceptors (Lipinski definition) is 18. The highest BCUT2D eigenvalue weighted by atomic mass is 32.2. The zero-order chi connectivity index (χ0) is 60.6. The van der Waals surface area contributed by atoms with Crippen LogP contribution in [0.2, 0.25) is 0 Å². The average molecular weight is 1200 g/mol. The number of primary amides is 2. The molecule has 2 aliphatic heterocycles. The predicted octanol–water partition coefficient (Wildman–Crippen LogP) is -0.337. The average Bonchev–Trinajstić information content (AvgIpc) is 3.58. The van der Waals surface area contributed by atoms with Crippen molar-refractivity contribution in [1.29, 1.82) is 0 Å². The second kappa shape index (κ2) is 38.3. The lowest BCUT2D eigenvalue weighted by atomic mass is 9.88. The van der Waals surface area contributed by atoms with Gasteiger partial charge in [-0.15, -0.1) is 0 Å². The number of nitrogens with two attached hydrogens (primary N) is 2. The number of rotatable bonds is 36. The van der Waals surface area contributed by atoms with Gasteiger partial charge in [-0.05, 0) is 56.1 Å². The fourth-order valence-corrected chi connectivity index (χ4v) is 10.9. The minimum atomic E-state index is -1.29. The quantitative estimate of drug-likeness (QED) is 0.0384. The molecule has 2 fully saturated rings. The van der Waals surface area contributed by atoms with Crippen LogP contribution in [-0.4, -0.2) is 233 Å². The number of unbranched alkanes of at least 4 members (excludes halogenated alkanes) is 1. The molecule has 2 aliphatic rings. The van der Waals surface area contributed by atoms with E-state index in [9.17, 15) is 63.3 Å². The molecule has 7 amide bonds. The number of ether oxygens (including phenoxy) is 1. The number of amides is 7. The molecule has 28 heteroatoms. The molecule has 26 nitrogen and oxygen atoms in total. The summed E-state index contributed by atoms with van der Waals surface area (Å²) in [6.07, 6.45) is 3.47. The van der Waals surface area contributed by atoms with Crippen LogP contribution in [0, 0.1) is 11.8 Å². The minimum Gasteiger partial charge on any atom is -0.480 e. The maximum Gasteiger partial charge on any atom is 0.317 e. The molecule has 0 saturated carbocycles. The van der Waals surface area contributed by atoms with Crippen molar-refractivity contribution >= 4 is 82.8 Å². The Balaban J connectivity index is 1.41. The number of nitrogens with zero attached hydrogens (tertiary/aromatic N) is 5. The summed E-state index contributed by atoms with van der Waals surface area (Å²) in [4.78, 5) is 138. The van der Waals surface area contributed by atoms with Crippen molar-refractivity contribution < 1.29 is 68.0 Å². The first-order valence-electron chi connectivity index (χ1n) is 28.3. The van der Waals surface area contributed by atoms with E-state index < -0.39 is 65.2 Å². The summed E-state index contributed by atoms with van der Waals surface area (Å²) >= 11 is 3.01. The number of hydrogen-bond donors (Lipinski definition) is 10. The van der Waals surface area contributed by atoms with E-state index in [-0.39, 0.29) is 147 Å². The number of pyridine rings is 1. The first-order valence-corrected chi connectivity index (χ1v) is 30.6. The van der Waals surface area contributed by atoms with Gasteiger partial charge in [0.1, 0.15) is 23.7 Å². The number of nitrogens with one attached hydrogen (secondary N) is 5. The van der Waals surface area contributed by atoms with Crippen LogP contribution in [0.3, 0.4) is 0 Å². The number of carbonyl (C=O) groups excluding carboxylic acids is 7. The third-order valence-electron chi connectivity index (χ3n) is 14.2. The van der Waals surface area contributed by atoms with Gasteiger partial charge in [0.05, 0.1) is 37.6 Å². The highest BCUT2D eigenvalue weighted by molar-refractivity contribution is 7.98. The largest absolute Gasteiger partial charge is 0.480 e. The molecular weight excluding hydrogens is 1100 g/mol. The lowest BCUT2D eigenvalue weighted by molar-refractivity contribution is -0.140. The molecule has 3 rings (SSSR count). The topological polar surface area (TPSA) is 379 Å². The lowest BCUT2D eigenvalue weighted by Gasteiger charge is -2.37. The normalized spacial score (nSPS) is 17.4. The Bertz CT molecular complexity index is 2210. The standard InChI is InChI=1S/C54H90N12O14S2/c1-5-38(4)49(51(56)77)61-52(78)42(13-12-37(2)3)60-53(79)54(16-27-80-28-17-54)62-44(68)15-30-82-36-40-10-8-9-39(58-40)35-81-29-14-43(67)59-41(50(55)76)11-6-7-18-57-45(69)31-63-19-21-64(32-46(70)71)23-25-66(34-48(74)75)26-24-65(22-20-63)33-47(72)73/h8-10,37-38,41-42,49H,5-7,11-36H2,1-4H3,(H2,55,76)(H2,56,77)(H,57,69)(H,59,67)(H,60,79)(H,61,78)(H,62,68)(H,70,71)(H,72,73)(H,74,75)/t38-,41+,42-,49-/m0/s1. The first kappa shape index (κ1) is 70.6. The highest BCUT2D eigenvalue weighted by Crippen LogP contribution is 2.24.